The summed E-state index contributed by atoms with van der Waals surface area (Å²) in [4.78, 5) is 15.3. The van der Waals surface area contributed by atoms with Crippen LogP contribution in [0, 0.1) is 0 Å². The van der Waals surface area contributed by atoms with Gasteiger partial charge in [-0.15, -0.1) is 0 Å². The SMILES string of the molecule is COCCOc1ccc(CCCN(C(=O)O)S(=O)(=O)NC(C)(C)C)c(Oc2ncc(C(F)(F)F)cc2Cl)c1. The highest BCUT2D eigenvalue weighted by atomic mass is 35.5. The zero-order valence-electron chi connectivity index (χ0n) is 21.1. The van der Waals surface area contributed by atoms with Crippen LogP contribution in [0.3, 0.4) is 0 Å². The summed E-state index contributed by atoms with van der Waals surface area (Å²) in [5, 5.41) is 9.07. The van der Waals surface area contributed by atoms with Crippen LogP contribution in [0.1, 0.15) is 38.3 Å². The zero-order chi connectivity index (χ0) is 28.7. The predicted octanol–water partition coefficient (Wildman–Crippen LogP) is 5.12. The Balaban J connectivity index is 2.29. The van der Waals surface area contributed by atoms with Gasteiger partial charge < -0.3 is 19.3 Å². The number of ether oxygens (including phenoxy) is 3. The first-order chi connectivity index (χ1) is 17.5. The quantitative estimate of drug-likeness (QED) is 0.330. The highest BCUT2D eigenvalue weighted by Gasteiger charge is 2.32. The molecule has 10 nitrogen and oxygen atoms in total. The Hall–Kier alpha value is -2.81. The van der Waals surface area contributed by atoms with Gasteiger partial charge in [-0.05, 0) is 51.3 Å². The van der Waals surface area contributed by atoms with E-state index in [0.29, 0.717) is 34.5 Å². The van der Waals surface area contributed by atoms with Crippen LogP contribution in [0.4, 0.5) is 18.0 Å². The fourth-order valence-corrected chi connectivity index (χ4v) is 4.77. The third-order valence-corrected chi connectivity index (χ3v) is 6.74. The van der Waals surface area contributed by atoms with Gasteiger partial charge in [-0.1, -0.05) is 17.7 Å². The smallest absolute Gasteiger partial charge is 0.422 e. The third kappa shape index (κ3) is 9.49. The molecule has 15 heteroatoms. The monoisotopic (exact) mass is 583 g/mol. The van der Waals surface area contributed by atoms with Gasteiger partial charge in [0.1, 0.15) is 23.1 Å². The second-order valence-electron chi connectivity index (χ2n) is 9.04. The van der Waals surface area contributed by atoms with E-state index in [2.05, 4.69) is 9.71 Å². The molecule has 2 rings (SSSR count). The largest absolute Gasteiger partial charge is 0.491 e. The van der Waals surface area contributed by atoms with E-state index in [1.54, 1.807) is 32.9 Å². The summed E-state index contributed by atoms with van der Waals surface area (Å²) in [5.41, 5.74) is -1.47. The van der Waals surface area contributed by atoms with Gasteiger partial charge in [0, 0.05) is 31.5 Å². The fraction of sp³-hybridized carbons (Fsp3) is 0.478. The van der Waals surface area contributed by atoms with Gasteiger partial charge in [0.05, 0.1) is 12.2 Å². The Morgan fingerprint density at radius 1 is 1.18 bits per heavy atom. The molecule has 0 atom stereocenters. The molecule has 38 heavy (non-hydrogen) atoms. The number of pyridine rings is 1. The Labute approximate surface area is 223 Å². The summed E-state index contributed by atoms with van der Waals surface area (Å²) < 4.78 is 82.7. The van der Waals surface area contributed by atoms with Crippen LogP contribution in [0.2, 0.25) is 5.02 Å². The first-order valence-electron chi connectivity index (χ1n) is 11.2. The topological polar surface area (TPSA) is 127 Å². The number of nitrogens with zero attached hydrogens (tertiary/aromatic N) is 2. The molecule has 0 radical (unpaired) electrons. The highest BCUT2D eigenvalue weighted by molar-refractivity contribution is 7.87. The van der Waals surface area contributed by atoms with Crippen LogP contribution in [-0.4, -0.2) is 61.3 Å². The van der Waals surface area contributed by atoms with E-state index < -0.39 is 33.6 Å². The highest BCUT2D eigenvalue weighted by Crippen LogP contribution is 2.36. The van der Waals surface area contributed by atoms with Crippen LogP contribution >= 0.6 is 11.6 Å². The summed E-state index contributed by atoms with van der Waals surface area (Å²) in [7, 11) is -2.84. The Bertz CT molecular complexity index is 1220. The van der Waals surface area contributed by atoms with Gasteiger partial charge in [0.15, 0.2) is 0 Å². The number of halogens is 4. The number of amides is 1. The molecule has 1 amide bonds. The van der Waals surface area contributed by atoms with Crippen LogP contribution in [0.25, 0.3) is 0 Å². The number of hydrogen-bond donors (Lipinski definition) is 2. The van der Waals surface area contributed by atoms with Crippen molar-refractivity contribution in [2.45, 2.75) is 45.3 Å². The van der Waals surface area contributed by atoms with Crippen LogP contribution in [0.5, 0.6) is 17.4 Å². The number of aromatic nitrogens is 1. The lowest BCUT2D eigenvalue weighted by atomic mass is 10.1. The molecule has 0 aliphatic rings. The van der Waals surface area contributed by atoms with Crippen molar-refractivity contribution >= 4 is 27.9 Å². The van der Waals surface area contributed by atoms with Crippen LogP contribution < -0.4 is 14.2 Å². The number of carboxylic acid groups (broad SMARTS) is 1. The molecule has 0 fully saturated rings. The average molecular weight is 584 g/mol. The zero-order valence-corrected chi connectivity index (χ0v) is 22.7. The van der Waals surface area contributed by atoms with E-state index in [1.807, 2.05) is 0 Å². The molecule has 0 aliphatic heterocycles. The average Bonchev–Trinajstić information content (AvgIpc) is 2.76. The molecular formula is C23H29ClF3N3O7S. The Morgan fingerprint density at radius 2 is 1.87 bits per heavy atom. The summed E-state index contributed by atoms with van der Waals surface area (Å²) in [6, 6.07) is 5.35. The maximum Gasteiger partial charge on any atom is 0.422 e. The fourth-order valence-electron chi connectivity index (χ4n) is 3.10. The van der Waals surface area contributed by atoms with E-state index in [-0.39, 0.29) is 42.6 Å². The third-order valence-electron chi connectivity index (χ3n) is 4.68. The lowest BCUT2D eigenvalue weighted by molar-refractivity contribution is -0.137. The van der Waals surface area contributed by atoms with Crippen molar-refractivity contribution in [2.75, 3.05) is 26.9 Å². The normalized spacial score (nSPS) is 12.3. The second-order valence-corrected chi connectivity index (χ2v) is 11.0. The van der Waals surface area contributed by atoms with Gasteiger partial charge in [0.2, 0.25) is 5.88 Å². The van der Waals surface area contributed by atoms with Crippen molar-refractivity contribution in [3.05, 3.63) is 46.6 Å². The van der Waals surface area contributed by atoms with Crippen LogP contribution in [-0.2, 0) is 27.5 Å². The molecule has 0 unspecified atom stereocenters. The van der Waals surface area contributed by atoms with Gasteiger partial charge in [0.25, 0.3) is 0 Å². The molecule has 1 aromatic carbocycles. The van der Waals surface area contributed by atoms with Gasteiger partial charge in [-0.25, -0.2) is 9.78 Å². The number of alkyl halides is 3. The predicted molar refractivity (Wildman–Crippen MR) is 133 cm³/mol. The van der Waals surface area contributed by atoms with Crippen LogP contribution in [0.15, 0.2) is 30.5 Å². The van der Waals surface area contributed by atoms with E-state index in [9.17, 15) is 31.5 Å². The molecule has 0 aliphatic carbocycles. The number of carbonyl (C=O) groups is 1. The summed E-state index contributed by atoms with van der Waals surface area (Å²) in [6.07, 6.45) is -5.52. The standard InChI is InChI=1S/C23H29ClF3N3O7S/c1-22(2,3)29-38(33,34)30(21(31)32)9-5-6-15-7-8-17(36-11-10-35-4)13-19(15)37-20-18(24)12-16(14-28-20)23(25,26)27/h7-8,12-14,29H,5-6,9-11H2,1-4H3,(H,31,32). The molecule has 0 saturated heterocycles. The molecule has 0 saturated carbocycles. The van der Waals surface area contributed by atoms with E-state index in [0.717, 1.165) is 0 Å². The second kappa shape index (κ2) is 12.8. The van der Waals surface area contributed by atoms with Gasteiger partial charge >= 0.3 is 22.5 Å². The number of rotatable bonds is 12. The van der Waals surface area contributed by atoms with E-state index in [4.69, 9.17) is 25.8 Å². The van der Waals surface area contributed by atoms with Crippen molar-refractivity contribution in [1.82, 2.24) is 14.0 Å². The minimum atomic E-state index is -4.65. The first-order valence-corrected chi connectivity index (χ1v) is 13.0. The Morgan fingerprint density at radius 3 is 2.42 bits per heavy atom. The number of nitrogens with one attached hydrogen (secondary N) is 1. The summed E-state index contributed by atoms with van der Waals surface area (Å²) in [6.45, 7) is 4.86. The molecule has 1 heterocycles. The molecule has 0 spiro atoms. The molecule has 212 valence electrons. The van der Waals surface area contributed by atoms with Crippen molar-refractivity contribution in [1.29, 1.82) is 0 Å². The number of methoxy groups -OCH3 is 1. The molecular weight excluding hydrogens is 555 g/mol. The molecule has 2 aromatic rings. The van der Waals surface area contributed by atoms with Gasteiger partial charge in [-0.2, -0.15) is 30.6 Å². The number of aryl methyl sites for hydroxylation is 1. The summed E-state index contributed by atoms with van der Waals surface area (Å²) in [5.74, 6) is 0.193. The van der Waals surface area contributed by atoms with E-state index in [1.165, 1.54) is 13.2 Å². The number of benzene rings is 1. The minimum Gasteiger partial charge on any atom is -0.491 e. The molecule has 0 bridgehead atoms. The summed E-state index contributed by atoms with van der Waals surface area (Å²) >= 11 is 5.98. The van der Waals surface area contributed by atoms with E-state index >= 15 is 0 Å². The first kappa shape index (κ1) is 31.4. The van der Waals surface area contributed by atoms with Crippen molar-refractivity contribution in [3.63, 3.8) is 0 Å². The lowest BCUT2D eigenvalue weighted by Gasteiger charge is -2.26. The lowest BCUT2D eigenvalue weighted by Crippen LogP contribution is -2.50. The van der Waals surface area contributed by atoms with Gasteiger partial charge in [-0.3, -0.25) is 0 Å². The van der Waals surface area contributed by atoms with Crippen molar-refractivity contribution < 1.29 is 45.7 Å². The van der Waals surface area contributed by atoms with Crippen molar-refractivity contribution in [3.8, 4) is 17.4 Å². The molecule has 1 aromatic heterocycles. The minimum absolute atomic E-state index is 0.0613. The maximum atomic E-state index is 13.0. The number of hydrogen-bond acceptors (Lipinski definition) is 7. The Kier molecular flexibility index (Phi) is 10.6. The maximum absolute atomic E-state index is 13.0. The molecule has 2 N–H and O–H groups in total. The van der Waals surface area contributed by atoms with Crippen molar-refractivity contribution in [2.24, 2.45) is 0 Å².